The van der Waals surface area contributed by atoms with Crippen LogP contribution in [0.2, 0.25) is 0 Å². The summed E-state index contributed by atoms with van der Waals surface area (Å²) in [6.45, 7) is 6.31. The Labute approximate surface area is 147 Å². The van der Waals surface area contributed by atoms with E-state index in [-0.39, 0.29) is 28.7 Å². The van der Waals surface area contributed by atoms with Gasteiger partial charge in [0.25, 0.3) is 0 Å². The summed E-state index contributed by atoms with van der Waals surface area (Å²) < 4.78 is 22.9. The number of nitrogens with zero attached hydrogens (tertiary/aromatic N) is 1. The van der Waals surface area contributed by atoms with Gasteiger partial charge < -0.3 is 10.2 Å². The molecule has 1 unspecified atom stereocenters. The molecule has 1 aromatic carbocycles. The number of amides is 2. The maximum Gasteiger partial charge on any atom is 0.245 e. The van der Waals surface area contributed by atoms with Crippen LogP contribution in [0.1, 0.15) is 31.4 Å². The van der Waals surface area contributed by atoms with Gasteiger partial charge >= 0.3 is 0 Å². The lowest BCUT2D eigenvalue weighted by molar-refractivity contribution is -0.132. The molecule has 3 N–H and O–H groups in total. The monoisotopic (exact) mass is 365 g/mol. The summed E-state index contributed by atoms with van der Waals surface area (Å²) in [6.07, 6.45) is 2.46. The van der Waals surface area contributed by atoms with Gasteiger partial charge in [0.1, 0.15) is 0 Å². The Morgan fingerprint density at radius 1 is 1.36 bits per heavy atom. The highest BCUT2D eigenvalue weighted by Gasteiger charge is 2.27. The lowest BCUT2D eigenvalue weighted by Gasteiger charge is -2.31. The first kappa shape index (κ1) is 19.1. The van der Waals surface area contributed by atoms with Gasteiger partial charge in [-0.15, -0.1) is 0 Å². The molecule has 0 aromatic heterocycles. The number of primary sulfonamides is 1. The number of carbonyl (C=O) groups is 2. The van der Waals surface area contributed by atoms with Crippen molar-refractivity contribution in [2.24, 2.45) is 11.1 Å². The third-order valence-electron chi connectivity index (χ3n) is 4.40. The first-order valence-electron chi connectivity index (χ1n) is 8.07. The van der Waals surface area contributed by atoms with Crippen molar-refractivity contribution in [1.29, 1.82) is 0 Å². The number of nitrogens with two attached hydrogens (primary N) is 1. The molecule has 1 heterocycles. The van der Waals surface area contributed by atoms with Gasteiger partial charge in [-0.2, -0.15) is 0 Å². The van der Waals surface area contributed by atoms with Crippen LogP contribution < -0.4 is 10.5 Å². The predicted molar refractivity (Wildman–Crippen MR) is 93.9 cm³/mol. The van der Waals surface area contributed by atoms with E-state index in [2.05, 4.69) is 11.9 Å². The molecule has 0 aliphatic carbocycles. The van der Waals surface area contributed by atoms with E-state index < -0.39 is 10.0 Å². The number of likely N-dealkylation sites (tertiary alicyclic amines) is 1. The third-order valence-corrected chi connectivity index (χ3v) is 5.31. The van der Waals surface area contributed by atoms with Gasteiger partial charge in [0, 0.05) is 19.0 Å². The number of hydrogen-bond acceptors (Lipinski definition) is 4. The Bertz CT molecular complexity index is 768. The number of carbonyl (C=O) groups excluding carboxylic acids is 2. The summed E-state index contributed by atoms with van der Waals surface area (Å²) in [7, 11) is -3.78. The number of sulfonamides is 1. The van der Waals surface area contributed by atoms with Crippen LogP contribution in [0, 0.1) is 5.92 Å². The highest BCUT2D eigenvalue weighted by atomic mass is 32.2. The molecule has 8 heteroatoms. The van der Waals surface area contributed by atoms with E-state index in [4.69, 9.17) is 5.14 Å². The molecule has 0 saturated carbocycles. The summed E-state index contributed by atoms with van der Waals surface area (Å²) in [6, 6.07) is 5.87. The summed E-state index contributed by atoms with van der Waals surface area (Å²) in [5, 5.41) is 8.04. The topological polar surface area (TPSA) is 110 Å². The Morgan fingerprint density at radius 3 is 2.56 bits per heavy atom. The largest absolute Gasteiger partial charge is 0.349 e. The van der Waals surface area contributed by atoms with Gasteiger partial charge in [-0.1, -0.05) is 18.7 Å². The average Bonchev–Trinajstić information content (AvgIpc) is 2.60. The molecule has 2 amide bonds. The SMILES string of the molecule is C=CC(=O)N1CCC(C(=O)NC(C)c2cccc(S(N)(=O)=O)c2)CC1. The number of piperidine rings is 1. The highest BCUT2D eigenvalue weighted by Crippen LogP contribution is 2.21. The minimum absolute atomic E-state index is 0.0161. The van der Waals surface area contributed by atoms with E-state index in [1.54, 1.807) is 24.0 Å². The smallest absolute Gasteiger partial charge is 0.245 e. The molecule has 1 fully saturated rings. The van der Waals surface area contributed by atoms with Crippen LogP contribution in [0.15, 0.2) is 41.8 Å². The van der Waals surface area contributed by atoms with Gasteiger partial charge in [0.15, 0.2) is 0 Å². The van der Waals surface area contributed by atoms with Crippen molar-refractivity contribution in [2.75, 3.05) is 13.1 Å². The molecule has 25 heavy (non-hydrogen) atoms. The van der Waals surface area contributed by atoms with E-state index in [1.807, 2.05) is 0 Å². The zero-order valence-corrected chi connectivity index (χ0v) is 15.0. The fraction of sp³-hybridized carbons (Fsp3) is 0.412. The molecule has 2 rings (SSSR count). The standard InChI is InChI=1S/C17H23N3O4S/c1-3-16(21)20-9-7-13(8-10-20)17(22)19-12(2)14-5-4-6-15(11-14)25(18,23)24/h3-6,11-13H,1,7-10H2,2H3,(H,19,22)(H2,18,23,24). The Kier molecular flexibility index (Phi) is 5.97. The first-order valence-corrected chi connectivity index (χ1v) is 9.61. The van der Waals surface area contributed by atoms with Crippen LogP contribution in [-0.2, 0) is 19.6 Å². The average molecular weight is 365 g/mol. The number of benzene rings is 1. The van der Waals surface area contributed by atoms with E-state index in [9.17, 15) is 18.0 Å². The Balaban J connectivity index is 1.97. The first-order chi connectivity index (χ1) is 11.7. The molecule has 1 aliphatic rings. The summed E-state index contributed by atoms with van der Waals surface area (Å²) in [4.78, 5) is 25.7. The highest BCUT2D eigenvalue weighted by molar-refractivity contribution is 7.89. The molecule has 0 spiro atoms. The molecule has 1 aromatic rings. The molecular weight excluding hydrogens is 342 g/mol. The normalized spacial score (nSPS) is 17.0. The van der Waals surface area contributed by atoms with Gasteiger partial charge in [-0.05, 0) is 43.5 Å². The lowest BCUT2D eigenvalue weighted by Crippen LogP contribution is -2.42. The van der Waals surface area contributed by atoms with Gasteiger partial charge in [0.05, 0.1) is 10.9 Å². The van der Waals surface area contributed by atoms with Crippen molar-refractivity contribution in [2.45, 2.75) is 30.7 Å². The van der Waals surface area contributed by atoms with Crippen LogP contribution >= 0.6 is 0 Å². The molecule has 0 radical (unpaired) electrons. The second-order valence-corrected chi connectivity index (χ2v) is 7.71. The van der Waals surface area contributed by atoms with E-state index in [1.165, 1.54) is 18.2 Å². The third kappa shape index (κ3) is 4.90. The summed E-state index contributed by atoms with van der Waals surface area (Å²) in [5.41, 5.74) is 0.666. The Morgan fingerprint density at radius 2 is 2.00 bits per heavy atom. The minimum Gasteiger partial charge on any atom is -0.349 e. The fourth-order valence-electron chi connectivity index (χ4n) is 2.87. The van der Waals surface area contributed by atoms with Crippen molar-refractivity contribution in [3.8, 4) is 0 Å². The van der Waals surface area contributed by atoms with Crippen LogP contribution in [0.4, 0.5) is 0 Å². The predicted octanol–water partition coefficient (Wildman–Crippen LogP) is 0.936. The molecular formula is C17H23N3O4S. The second-order valence-electron chi connectivity index (χ2n) is 6.15. The Hall–Kier alpha value is -2.19. The zero-order valence-electron chi connectivity index (χ0n) is 14.1. The molecule has 0 bridgehead atoms. The number of nitrogens with one attached hydrogen (secondary N) is 1. The maximum absolute atomic E-state index is 12.4. The van der Waals surface area contributed by atoms with Crippen molar-refractivity contribution >= 4 is 21.8 Å². The van der Waals surface area contributed by atoms with E-state index in [0.29, 0.717) is 31.5 Å². The van der Waals surface area contributed by atoms with Gasteiger partial charge in [-0.25, -0.2) is 13.6 Å². The number of rotatable bonds is 5. The van der Waals surface area contributed by atoms with E-state index >= 15 is 0 Å². The van der Waals surface area contributed by atoms with Crippen molar-refractivity contribution in [3.05, 3.63) is 42.5 Å². The van der Waals surface area contributed by atoms with Crippen molar-refractivity contribution in [1.82, 2.24) is 10.2 Å². The van der Waals surface area contributed by atoms with Crippen LogP contribution in [0.3, 0.4) is 0 Å². The molecule has 1 saturated heterocycles. The van der Waals surface area contributed by atoms with Crippen molar-refractivity contribution < 1.29 is 18.0 Å². The van der Waals surface area contributed by atoms with Gasteiger partial charge in [-0.3, -0.25) is 9.59 Å². The number of hydrogen-bond donors (Lipinski definition) is 2. The van der Waals surface area contributed by atoms with Crippen LogP contribution in [0.25, 0.3) is 0 Å². The molecule has 1 atom stereocenters. The summed E-state index contributed by atoms with van der Waals surface area (Å²) >= 11 is 0. The molecule has 7 nitrogen and oxygen atoms in total. The molecule has 136 valence electrons. The van der Waals surface area contributed by atoms with Gasteiger partial charge in [0.2, 0.25) is 21.8 Å². The second kappa shape index (κ2) is 7.79. The lowest BCUT2D eigenvalue weighted by atomic mass is 9.95. The summed E-state index contributed by atoms with van der Waals surface area (Å²) in [5.74, 6) is -0.385. The zero-order chi connectivity index (χ0) is 18.6. The minimum atomic E-state index is -3.78. The van der Waals surface area contributed by atoms with Crippen LogP contribution in [0.5, 0.6) is 0 Å². The van der Waals surface area contributed by atoms with Crippen molar-refractivity contribution in [3.63, 3.8) is 0 Å². The quantitative estimate of drug-likeness (QED) is 0.757. The van der Waals surface area contributed by atoms with E-state index in [0.717, 1.165) is 0 Å². The molecule has 1 aliphatic heterocycles. The van der Waals surface area contributed by atoms with Crippen LogP contribution in [-0.4, -0.2) is 38.2 Å². The maximum atomic E-state index is 12.4. The fourth-order valence-corrected chi connectivity index (χ4v) is 3.44.